The van der Waals surface area contributed by atoms with Crippen LogP contribution in [0.25, 0.3) is 0 Å². The zero-order valence-electron chi connectivity index (χ0n) is 31.6. The highest BCUT2D eigenvalue weighted by Gasteiger charge is 2.08. The van der Waals surface area contributed by atoms with E-state index in [-0.39, 0.29) is 0 Å². The molecule has 0 aliphatic carbocycles. The first-order chi connectivity index (χ1) is 23.8. The van der Waals surface area contributed by atoms with Crippen LogP contribution in [0.3, 0.4) is 0 Å². The van der Waals surface area contributed by atoms with Gasteiger partial charge in [0.15, 0.2) is 0 Å². The molecule has 0 fully saturated rings. The van der Waals surface area contributed by atoms with E-state index in [2.05, 4.69) is 74.5 Å². The van der Waals surface area contributed by atoms with Crippen LogP contribution >= 0.6 is 0 Å². The lowest BCUT2D eigenvalue weighted by Gasteiger charge is -2.08. The molecule has 0 heterocycles. The Hall–Kier alpha value is -2.48. The Morgan fingerprint density at radius 1 is 0.417 bits per heavy atom. The van der Waals surface area contributed by atoms with Crippen molar-refractivity contribution in [3.63, 3.8) is 0 Å². The van der Waals surface area contributed by atoms with Gasteiger partial charge in [0, 0.05) is 0 Å². The second kappa shape index (κ2) is 31.8. The summed E-state index contributed by atoms with van der Waals surface area (Å²) in [5, 5.41) is 0. The Kier molecular flexibility index (Phi) is 27.6. The van der Waals surface area contributed by atoms with Gasteiger partial charge < -0.3 is 0 Å². The molecule has 2 rings (SSSR count). The van der Waals surface area contributed by atoms with Crippen LogP contribution in [0.4, 0.5) is 11.4 Å². The highest BCUT2D eigenvalue weighted by atomic mass is 14.8. The molecule has 0 amide bonds. The van der Waals surface area contributed by atoms with E-state index in [1.54, 1.807) is 0 Å². The minimum absolute atomic E-state index is 0.945. The van der Waals surface area contributed by atoms with Crippen LogP contribution in [0, 0.1) is 0 Å². The maximum Gasteiger partial charge on any atom is 0.0848 e. The fourth-order valence-corrected chi connectivity index (χ4v) is 6.50. The third-order valence-electron chi connectivity index (χ3n) is 9.59. The Balaban J connectivity index is 1.49. The van der Waals surface area contributed by atoms with Gasteiger partial charge >= 0.3 is 0 Å². The molecule has 2 aromatic rings. The number of benzene rings is 2. The summed E-state index contributed by atoms with van der Waals surface area (Å²) in [6.45, 7) is 4.55. The Morgan fingerprint density at radius 3 is 1.17 bits per heavy atom. The second-order valence-corrected chi connectivity index (χ2v) is 14.2. The third-order valence-corrected chi connectivity index (χ3v) is 9.59. The van der Waals surface area contributed by atoms with Crippen molar-refractivity contribution in [3.8, 4) is 0 Å². The van der Waals surface area contributed by atoms with Gasteiger partial charge in [0.1, 0.15) is 0 Å². The smallest absolute Gasteiger partial charge is 0.0848 e. The van der Waals surface area contributed by atoms with Crippen molar-refractivity contribution < 1.29 is 0 Å². The summed E-state index contributed by atoms with van der Waals surface area (Å²) in [7, 11) is 0. The van der Waals surface area contributed by atoms with E-state index in [4.69, 9.17) is 9.98 Å². The summed E-state index contributed by atoms with van der Waals surface area (Å²) in [6.07, 6.45) is 43.3. The van der Waals surface area contributed by atoms with E-state index in [1.807, 2.05) is 12.1 Å². The van der Waals surface area contributed by atoms with Gasteiger partial charge in [-0.1, -0.05) is 210 Å². The van der Waals surface area contributed by atoms with Crippen LogP contribution in [-0.4, -0.2) is 11.4 Å². The first kappa shape index (κ1) is 41.7. The molecule has 0 saturated carbocycles. The summed E-state index contributed by atoms with van der Waals surface area (Å²) >= 11 is 0. The highest BCUT2D eigenvalue weighted by molar-refractivity contribution is 6.47. The molecular weight excluding hydrogens is 581 g/mol. The number of unbranched alkanes of at least 4 members (excludes halogenated alkanes) is 25. The molecule has 2 nitrogen and oxygen atoms in total. The molecule has 0 aliphatic rings. The zero-order chi connectivity index (χ0) is 34.0. The van der Waals surface area contributed by atoms with Crippen LogP contribution in [0.15, 0.2) is 82.8 Å². The predicted octanol–water partition coefficient (Wildman–Crippen LogP) is 16.1. The third kappa shape index (κ3) is 23.8. The summed E-state index contributed by atoms with van der Waals surface area (Å²) in [5.74, 6) is 0. The minimum Gasteiger partial charge on any atom is -0.251 e. The van der Waals surface area contributed by atoms with Crippen molar-refractivity contribution in [2.75, 3.05) is 0 Å². The predicted molar refractivity (Wildman–Crippen MR) is 217 cm³/mol. The number of allylic oxidation sites excluding steroid dienone is 2. The molecule has 0 unspecified atom stereocenters. The molecule has 0 saturated heterocycles. The molecule has 0 atom stereocenters. The van der Waals surface area contributed by atoms with Gasteiger partial charge in [0.25, 0.3) is 0 Å². The van der Waals surface area contributed by atoms with Crippen LogP contribution in [0.1, 0.15) is 194 Å². The summed E-state index contributed by atoms with van der Waals surface area (Å²) < 4.78 is 0. The fourth-order valence-electron chi connectivity index (χ4n) is 6.50. The lowest BCUT2D eigenvalue weighted by Crippen LogP contribution is -2.11. The van der Waals surface area contributed by atoms with Crippen molar-refractivity contribution in [2.24, 2.45) is 9.98 Å². The average molecular weight is 655 g/mol. The van der Waals surface area contributed by atoms with E-state index >= 15 is 0 Å². The maximum atomic E-state index is 5.04. The SMILES string of the molecule is CCCCCCCCCCCCCCCCCCCCCCCCCCC=CC(=Nc1ccccc1)C(CCCC)=Nc1ccccc1. The Labute approximate surface area is 298 Å². The van der Waals surface area contributed by atoms with Gasteiger partial charge in [0.2, 0.25) is 0 Å². The lowest BCUT2D eigenvalue weighted by atomic mass is 10.0. The molecule has 0 spiro atoms. The summed E-state index contributed by atoms with van der Waals surface area (Å²) in [4.78, 5) is 10.1. The topological polar surface area (TPSA) is 24.7 Å². The quantitative estimate of drug-likeness (QED) is 0.0554. The van der Waals surface area contributed by atoms with E-state index in [0.29, 0.717) is 0 Å². The van der Waals surface area contributed by atoms with E-state index in [9.17, 15) is 0 Å². The number of rotatable bonds is 32. The van der Waals surface area contributed by atoms with E-state index < -0.39 is 0 Å². The van der Waals surface area contributed by atoms with Crippen LogP contribution in [0.2, 0.25) is 0 Å². The summed E-state index contributed by atoms with van der Waals surface area (Å²) in [6, 6.07) is 20.6. The first-order valence-corrected chi connectivity index (χ1v) is 20.8. The molecule has 0 aliphatic heterocycles. The monoisotopic (exact) mass is 655 g/mol. The van der Waals surface area contributed by atoms with Crippen LogP contribution in [-0.2, 0) is 0 Å². The standard InChI is InChI=1S/C46H74N2/c1-3-5-7-8-9-10-11-12-13-14-15-16-17-18-19-20-21-22-23-24-25-26-27-28-29-36-42-46(48-44-39-34-31-35-40-44)45(41-6-4-2)47-43-37-32-30-33-38-43/h30-40,42H,3-29,41H2,1-2H3. The van der Waals surface area contributed by atoms with Gasteiger partial charge in [-0.15, -0.1) is 0 Å². The molecule has 268 valence electrons. The van der Waals surface area contributed by atoms with Crippen molar-refractivity contribution in [1.29, 1.82) is 0 Å². The molecule has 0 radical (unpaired) electrons. The van der Waals surface area contributed by atoms with Crippen molar-refractivity contribution in [2.45, 2.75) is 194 Å². The van der Waals surface area contributed by atoms with Crippen LogP contribution in [0.5, 0.6) is 0 Å². The van der Waals surface area contributed by atoms with Gasteiger partial charge in [-0.3, -0.25) is 4.99 Å². The number of aliphatic imine (C=N–C) groups is 2. The number of hydrogen-bond donors (Lipinski definition) is 0. The molecule has 0 N–H and O–H groups in total. The molecule has 2 aromatic carbocycles. The van der Waals surface area contributed by atoms with Crippen LogP contribution < -0.4 is 0 Å². The molecular formula is C46H74N2. The van der Waals surface area contributed by atoms with E-state index in [1.165, 1.54) is 154 Å². The first-order valence-electron chi connectivity index (χ1n) is 20.8. The molecule has 2 heteroatoms. The van der Waals surface area contributed by atoms with E-state index in [0.717, 1.165) is 48.5 Å². The molecule has 0 aromatic heterocycles. The second-order valence-electron chi connectivity index (χ2n) is 14.2. The summed E-state index contributed by atoms with van der Waals surface area (Å²) in [5.41, 5.74) is 4.08. The normalized spacial score (nSPS) is 12.4. The lowest BCUT2D eigenvalue weighted by molar-refractivity contribution is 0.517. The van der Waals surface area contributed by atoms with Gasteiger partial charge in [0.05, 0.1) is 22.8 Å². The van der Waals surface area contributed by atoms with Crippen molar-refractivity contribution >= 4 is 22.8 Å². The Morgan fingerprint density at radius 2 is 0.771 bits per heavy atom. The highest BCUT2D eigenvalue weighted by Crippen LogP contribution is 2.19. The van der Waals surface area contributed by atoms with Crippen molar-refractivity contribution in [3.05, 3.63) is 72.8 Å². The fraction of sp³-hybridized carbons (Fsp3) is 0.652. The number of hydrogen-bond acceptors (Lipinski definition) is 2. The average Bonchev–Trinajstić information content (AvgIpc) is 3.12. The van der Waals surface area contributed by atoms with Gasteiger partial charge in [-0.2, -0.15) is 0 Å². The maximum absolute atomic E-state index is 5.04. The van der Waals surface area contributed by atoms with Gasteiger partial charge in [-0.05, 0) is 56.0 Å². The van der Waals surface area contributed by atoms with Crippen molar-refractivity contribution in [1.82, 2.24) is 0 Å². The molecule has 48 heavy (non-hydrogen) atoms. The molecule has 0 bridgehead atoms. The Bertz CT molecular complexity index is 1050. The largest absolute Gasteiger partial charge is 0.251 e. The zero-order valence-corrected chi connectivity index (χ0v) is 31.6. The van der Waals surface area contributed by atoms with Gasteiger partial charge in [-0.25, -0.2) is 4.99 Å². The number of para-hydroxylation sites is 2. The minimum atomic E-state index is 0.945. The number of nitrogens with zero attached hydrogens (tertiary/aromatic N) is 2.